The molecule has 1 aromatic carbocycles. The highest BCUT2D eigenvalue weighted by atomic mass is 35.5. The zero-order valence-corrected chi connectivity index (χ0v) is 13.5. The van der Waals surface area contributed by atoms with Crippen molar-refractivity contribution in [3.05, 3.63) is 51.3 Å². The van der Waals surface area contributed by atoms with Crippen molar-refractivity contribution in [2.75, 3.05) is 0 Å². The Morgan fingerprint density at radius 1 is 1.25 bits per heavy atom. The molecule has 0 atom stereocenters. The molecule has 1 N–H and O–H groups in total. The van der Waals surface area contributed by atoms with Gasteiger partial charge in [-0.3, -0.25) is 4.68 Å². The molecule has 5 heteroatoms. The van der Waals surface area contributed by atoms with Gasteiger partial charge in [0.2, 0.25) is 0 Å². The van der Waals surface area contributed by atoms with Crippen LogP contribution < -0.4 is 5.32 Å². The minimum Gasteiger partial charge on any atom is -0.310 e. The summed E-state index contributed by atoms with van der Waals surface area (Å²) in [5.74, 6) is 0. The summed E-state index contributed by atoms with van der Waals surface area (Å²) in [6.45, 7) is 7.77. The maximum absolute atomic E-state index is 6.19. The molecule has 3 nitrogen and oxygen atoms in total. The topological polar surface area (TPSA) is 29.9 Å². The first-order valence-electron chi connectivity index (χ1n) is 6.66. The molecule has 0 bridgehead atoms. The predicted octanol–water partition coefficient (Wildman–Crippen LogP) is 4.04. The molecule has 0 aliphatic carbocycles. The summed E-state index contributed by atoms with van der Waals surface area (Å²) >= 11 is 12.1. The molecule has 0 spiro atoms. The number of nitrogens with one attached hydrogen (secondary N) is 1. The van der Waals surface area contributed by atoms with Crippen molar-refractivity contribution in [2.45, 2.75) is 39.9 Å². The molecular formula is C15H19Cl2N3. The number of aromatic nitrogens is 2. The lowest BCUT2D eigenvalue weighted by molar-refractivity contribution is 0.587. The summed E-state index contributed by atoms with van der Waals surface area (Å²) in [4.78, 5) is 0. The van der Waals surface area contributed by atoms with E-state index in [4.69, 9.17) is 23.2 Å². The molecule has 0 aliphatic heterocycles. The van der Waals surface area contributed by atoms with Crippen molar-refractivity contribution in [1.29, 1.82) is 0 Å². The number of halogens is 2. The van der Waals surface area contributed by atoms with Crippen LogP contribution in [0.25, 0.3) is 0 Å². The average Bonchev–Trinajstić information content (AvgIpc) is 2.71. The van der Waals surface area contributed by atoms with Gasteiger partial charge in [0.1, 0.15) is 0 Å². The first-order chi connectivity index (χ1) is 9.45. The fourth-order valence-electron chi connectivity index (χ4n) is 1.95. The van der Waals surface area contributed by atoms with E-state index in [9.17, 15) is 0 Å². The van der Waals surface area contributed by atoms with Crippen molar-refractivity contribution in [3.63, 3.8) is 0 Å². The largest absolute Gasteiger partial charge is 0.310 e. The Kier molecular flexibility index (Phi) is 5.08. The standard InChI is InChI=1S/C15H19Cl2N3/c1-10(2)18-7-13-9-20(19-11(13)3)8-12-4-5-14(16)6-15(12)17/h4-6,9-10,18H,7-8H2,1-3H3. The quantitative estimate of drug-likeness (QED) is 0.903. The summed E-state index contributed by atoms with van der Waals surface area (Å²) in [5.41, 5.74) is 3.27. The summed E-state index contributed by atoms with van der Waals surface area (Å²) < 4.78 is 1.92. The molecule has 1 heterocycles. The van der Waals surface area contributed by atoms with E-state index >= 15 is 0 Å². The molecule has 0 saturated carbocycles. The number of benzene rings is 1. The molecule has 0 amide bonds. The second-order valence-electron chi connectivity index (χ2n) is 5.21. The molecule has 0 unspecified atom stereocenters. The first-order valence-corrected chi connectivity index (χ1v) is 7.41. The predicted molar refractivity (Wildman–Crippen MR) is 84.5 cm³/mol. The lowest BCUT2D eigenvalue weighted by atomic mass is 10.2. The fourth-order valence-corrected chi connectivity index (χ4v) is 2.42. The summed E-state index contributed by atoms with van der Waals surface area (Å²) in [6, 6.07) is 6.01. The van der Waals surface area contributed by atoms with Crippen LogP contribution in [0.3, 0.4) is 0 Å². The molecule has 0 radical (unpaired) electrons. The minimum atomic E-state index is 0.462. The summed E-state index contributed by atoms with van der Waals surface area (Å²) in [6.07, 6.45) is 2.07. The van der Waals surface area contributed by atoms with Crippen molar-refractivity contribution in [1.82, 2.24) is 15.1 Å². The highest BCUT2D eigenvalue weighted by Gasteiger charge is 2.08. The molecule has 108 valence electrons. The van der Waals surface area contributed by atoms with Gasteiger partial charge in [-0.05, 0) is 24.6 Å². The molecule has 1 aromatic heterocycles. The number of hydrogen-bond donors (Lipinski definition) is 1. The van der Waals surface area contributed by atoms with Gasteiger partial charge >= 0.3 is 0 Å². The highest BCUT2D eigenvalue weighted by Crippen LogP contribution is 2.22. The van der Waals surface area contributed by atoms with Crippen molar-refractivity contribution in [2.24, 2.45) is 0 Å². The lowest BCUT2D eigenvalue weighted by Crippen LogP contribution is -2.21. The van der Waals surface area contributed by atoms with Crippen LogP contribution in [0.4, 0.5) is 0 Å². The molecule has 20 heavy (non-hydrogen) atoms. The van der Waals surface area contributed by atoms with Crippen molar-refractivity contribution >= 4 is 23.2 Å². The van der Waals surface area contributed by atoms with Crippen LogP contribution in [0.2, 0.25) is 10.0 Å². The van der Waals surface area contributed by atoms with Crippen LogP contribution in [0.1, 0.15) is 30.7 Å². The third-order valence-electron chi connectivity index (χ3n) is 3.10. The zero-order valence-electron chi connectivity index (χ0n) is 12.0. The van der Waals surface area contributed by atoms with Crippen LogP contribution >= 0.6 is 23.2 Å². The van der Waals surface area contributed by atoms with Crippen molar-refractivity contribution in [3.8, 4) is 0 Å². The molecule has 0 fully saturated rings. The van der Waals surface area contributed by atoms with Crippen LogP contribution in [0, 0.1) is 6.92 Å². The van der Waals surface area contributed by atoms with Crippen molar-refractivity contribution < 1.29 is 0 Å². The van der Waals surface area contributed by atoms with Gasteiger partial charge < -0.3 is 5.32 Å². The normalized spacial score (nSPS) is 11.3. The Labute approximate surface area is 129 Å². The van der Waals surface area contributed by atoms with Gasteiger partial charge in [-0.1, -0.05) is 43.1 Å². The van der Waals surface area contributed by atoms with E-state index in [-0.39, 0.29) is 0 Å². The van der Waals surface area contributed by atoms with Gasteiger partial charge in [-0.25, -0.2) is 0 Å². The Balaban J connectivity index is 2.12. The smallest absolute Gasteiger partial charge is 0.0674 e. The van der Waals surface area contributed by atoms with Gasteiger partial charge in [0.25, 0.3) is 0 Å². The zero-order chi connectivity index (χ0) is 14.7. The summed E-state index contributed by atoms with van der Waals surface area (Å²) in [5, 5.41) is 9.26. The molecular weight excluding hydrogens is 293 g/mol. The van der Waals surface area contributed by atoms with Gasteiger partial charge in [0.05, 0.1) is 12.2 Å². The third-order valence-corrected chi connectivity index (χ3v) is 3.68. The van der Waals surface area contributed by atoms with E-state index in [0.29, 0.717) is 22.6 Å². The van der Waals surface area contributed by atoms with Crippen LogP contribution in [0.5, 0.6) is 0 Å². The number of hydrogen-bond acceptors (Lipinski definition) is 2. The first kappa shape index (κ1) is 15.4. The Morgan fingerprint density at radius 2 is 2.00 bits per heavy atom. The monoisotopic (exact) mass is 311 g/mol. The van der Waals surface area contributed by atoms with Crippen LogP contribution in [-0.2, 0) is 13.1 Å². The number of nitrogens with zero attached hydrogens (tertiary/aromatic N) is 2. The number of aryl methyl sites for hydroxylation is 1. The van der Waals surface area contributed by atoms with E-state index in [0.717, 1.165) is 17.8 Å². The van der Waals surface area contributed by atoms with E-state index in [2.05, 4.69) is 30.5 Å². The van der Waals surface area contributed by atoms with Gasteiger partial charge in [-0.15, -0.1) is 0 Å². The highest BCUT2D eigenvalue weighted by molar-refractivity contribution is 6.35. The minimum absolute atomic E-state index is 0.462. The van der Waals surface area contributed by atoms with E-state index < -0.39 is 0 Å². The molecule has 0 saturated heterocycles. The maximum Gasteiger partial charge on any atom is 0.0674 e. The van der Waals surface area contributed by atoms with Crippen LogP contribution in [0.15, 0.2) is 24.4 Å². The SMILES string of the molecule is Cc1nn(Cc2ccc(Cl)cc2Cl)cc1CNC(C)C. The van der Waals surface area contributed by atoms with Gasteiger partial charge in [-0.2, -0.15) is 5.10 Å². The third kappa shape index (κ3) is 3.98. The van der Waals surface area contributed by atoms with Crippen LogP contribution in [-0.4, -0.2) is 15.8 Å². The Bertz CT molecular complexity index is 591. The Hall–Kier alpha value is -1.03. The number of rotatable bonds is 5. The van der Waals surface area contributed by atoms with E-state index in [1.54, 1.807) is 6.07 Å². The maximum atomic E-state index is 6.19. The average molecular weight is 312 g/mol. The lowest BCUT2D eigenvalue weighted by Gasteiger charge is -2.06. The van der Waals surface area contributed by atoms with E-state index in [1.165, 1.54) is 5.56 Å². The fraction of sp³-hybridized carbons (Fsp3) is 0.400. The molecule has 0 aliphatic rings. The van der Waals surface area contributed by atoms with Gasteiger partial charge in [0, 0.05) is 34.4 Å². The molecule has 2 rings (SSSR count). The van der Waals surface area contributed by atoms with Gasteiger partial charge in [0.15, 0.2) is 0 Å². The van der Waals surface area contributed by atoms with E-state index in [1.807, 2.05) is 23.7 Å². The molecule has 2 aromatic rings. The second-order valence-corrected chi connectivity index (χ2v) is 6.05. The summed E-state index contributed by atoms with van der Waals surface area (Å²) in [7, 11) is 0. The Morgan fingerprint density at radius 3 is 2.65 bits per heavy atom. The second kappa shape index (κ2) is 6.61.